The lowest BCUT2D eigenvalue weighted by atomic mass is 10.0. The summed E-state index contributed by atoms with van der Waals surface area (Å²) < 4.78 is 10.6. The Morgan fingerprint density at radius 2 is 1.69 bits per heavy atom. The summed E-state index contributed by atoms with van der Waals surface area (Å²) in [7, 11) is 3.18. The molecule has 0 fully saturated rings. The van der Waals surface area contributed by atoms with Gasteiger partial charge in [0, 0.05) is 24.5 Å². The molecule has 1 N–H and O–H groups in total. The summed E-state index contributed by atoms with van der Waals surface area (Å²) >= 11 is 0. The number of methoxy groups -OCH3 is 2. The molecule has 26 heavy (non-hydrogen) atoms. The van der Waals surface area contributed by atoms with E-state index in [0.29, 0.717) is 23.6 Å². The van der Waals surface area contributed by atoms with Crippen LogP contribution in [0, 0.1) is 0 Å². The van der Waals surface area contributed by atoms with Crippen molar-refractivity contribution in [2.24, 2.45) is 0 Å². The number of ether oxygens (including phenoxy) is 2. The molecule has 5 heteroatoms. The highest BCUT2D eigenvalue weighted by Crippen LogP contribution is 2.32. The lowest BCUT2D eigenvalue weighted by Crippen LogP contribution is -2.22. The van der Waals surface area contributed by atoms with Crippen molar-refractivity contribution in [3.63, 3.8) is 0 Å². The molecule has 3 aromatic rings. The highest BCUT2D eigenvalue weighted by Gasteiger charge is 2.10. The minimum atomic E-state index is -0.163. The first-order valence-corrected chi connectivity index (χ1v) is 8.21. The van der Waals surface area contributed by atoms with Gasteiger partial charge in [0.2, 0.25) is 0 Å². The van der Waals surface area contributed by atoms with Crippen molar-refractivity contribution in [1.82, 2.24) is 10.3 Å². The van der Waals surface area contributed by atoms with Crippen LogP contribution in [0.25, 0.3) is 11.1 Å². The Morgan fingerprint density at radius 3 is 2.42 bits per heavy atom. The molecule has 2 aromatic carbocycles. The van der Waals surface area contributed by atoms with Crippen LogP contribution in [0.5, 0.6) is 11.5 Å². The molecule has 0 aliphatic rings. The van der Waals surface area contributed by atoms with Gasteiger partial charge in [0.15, 0.2) is 11.5 Å². The van der Waals surface area contributed by atoms with E-state index in [4.69, 9.17) is 9.47 Å². The Morgan fingerprint density at radius 1 is 0.923 bits per heavy atom. The fourth-order valence-corrected chi connectivity index (χ4v) is 2.62. The number of rotatable bonds is 6. The van der Waals surface area contributed by atoms with E-state index in [9.17, 15) is 4.79 Å². The lowest BCUT2D eigenvalue weighted by Gasteiger charge is -2.10. The lowest BCUT2D eigenvalue weighted by molar-refractivity contribution is 0.0950. The smallest absolute Gasteiger partial charge is 0.253 e. The second-order valence-corrected chi connectivity index (χ2v) is 5.70. The summed E-state index contributed by atoms with van der Waals surface area (Å²) in [6.07, 6.45) is 3.28. The second-order valence-electron chi connectivity index (χ2n) is 5.70. The van der Waals surface area contributed by atoms with E-state index in [1.807, 2.05) is 54.6 Å². The maximum Gasteiger partial charge on any atom is 0.253 e. The molecule has 132 valence electrons. The topological polar surface area (TPSA) is 60.5 Å². The van der Waals surface area contributed by atoms with E-state index in [-0.39, 0.29) is 5.91 Å². The number of nitrogens with zero attached hydrogens (tertiary/aromatic N) is 1. The Kier molecular flexibility index (Phi) is 5.49. The zero-order valence-corrected chi connectivity index (χ0v) is 14.7. The molecule has 1 heterocycles. The Balaban J connectivity index is 1.78. The van der Waals surface area contributed by atoms with Gasteiger partial charge in [-0.1, -0.05) is 36.4 Å². The number of pyridine rings is 1. The van der Waals surface area contributed by atoms with E-state index in [0.717, 1.165) is 16.7 Å². The van der Waals surface area contributed by atoms with Crippen molar-refractivity contribution >= 4 is 5.91 Å². The van der Waals surface area contributed by atoms with Gasteiger partial charge >= 0.3 is 0 Å². The molecule has 0 unspecified atom stereocenters. The number of benzene rings is 2. The minimum Gasteiger partial charge on any atom is -0.493 e. The molecular formula is C21H20N2O3. The van der Waals surface area contributed by atoms with Crippen molar-refractivity contribution in [3.05, 3.63) is 78.1 Å². The zero-order chi connectivity index (χ0) is 18.4. The highest BCUT2D eigenvalue weighted by molar-refractivity contribution is 5.95. The second kappa shape index (κ2) is 8.16. The first kappa shape index (κ1) is 17.5. The van der Waals surface area contributed by atoms with Crippen LogP contribution in [0.1, 0.15) is 15.9 Å². The number of hydrogen-bond acceptors (Lipinski definition) is 4. The van der Waals surface area contributed by atoms with Crippen molar-refractivity contribution in [3.8, 4) is 22.6 Å². The molecule has 1 aromatic heterocycles. The molecule has 3 rings (SSSR count). The van der Waals surface area contributed by atoms with Crippen molar-refractivity contribution in [2.75, 3.05) is 14.2 Å². The van der Waals surface area contributed by atoms with Crippen molar-refractivity contribution < 1.29 is 14.3 Å². The number of nitrogens with one attached hydrogen (secondary N) is 1. The molecule has 0 atom stereocenters. The molecule has 0 radical (unpaired) electrons. The van der Waals surface area contributed by atoms with Gasteiger partial charge < -0.3 is 14.8 Å². The summed E-state index contributed by atoms with van der Waals surface area (Å²) in [5, 5.41) is 2.91. The summed E-state index contributed by atoms with van der Waals surface area (Å²) in [4.78, 5) is 16.6. The van der Waals surface area contributed by atoms with Crippen LogP contribution in [0.2, 0.25) is 0 Å². The number of aromatic nitrogens is 1. The van der Waals surface area contributed by atoms with Gasteiger partial charge in [-0.15, -0.1) is 0 Å². The van der Waals surface area contributed by atoms with E-state index in [1.165, 1.54) is 0 Å². The first-order chi connectivity index (χ1) is 12.7. The van der Waals surface area contributed by atoms with Crippen LogP contribution in [0.3, 0.4) is 0 Å². The van der Waals surface area contributed by atoms with Gasteiger partial charge in [-0.05, 0) is 29.3 Å². The summed E-state index contributed by atoms with van der Waals surface area (Å²) in [5.41, 5.74) is 3.28. The molecule has 5 nitrogen and oxygen atoms in total. The van der Waals surface area contributed by atoms with Crippen molar-refractivity contribution in [2.45, 2.75) is 6.54 Å². The third kappa shape index (κ3) is 4.00. The zero-order valence-electron chi connectivity index (χ0n) is 14.7. The van der Waals surface area contributed by atoms with Gasteiger partial charge in [0.25, 0.3) is 5.91 Å². The standard InChI is InChI=1S/C21H20N2O3/c1-25-19-9-8-16(11-20(19)26-2)17-10-18(14-22-13-17)21(24)23-12-15-6-4-3-5-7-15/h3-11,13-14H,12H2,1-2H3,(H,23,24). The van der Waals surface area contributed by atoms with Crippen LogP contribution in [0.4, 0.5) is 0 Å². The highest BCUT2D eigenvalue weighted by atomic mass is 16.5. The number of amides is 1. The predicted molar refractivity (Wildman–Crippen MR) is 100 cm³/mol. The van der Waals surface area contributed by atoms with Crippen LogP contribution in [-0.2, 0) is 6.54 Å². The summed E-state index contributed by atoms with van der Waals surface area (Å²) in [5.74, 6) is 1.12. The van der Waals surface area contributed by atoms with Gasteiger partial charge in [-0.2, -0.15) is 0 Å². The molecule has 0 saturated heterocycles. The molecule has 0 aliphatic heterocycles. The average Bonchev–Trinajstić information content (AvgIpc) is 2.72. The Hall–Kier alpha value is -3.34. The van der Waals surface area contributed by atoms with E-state index in [1.54, 1.807) is 26.6 Å². The summed E-state index contributed by atoms with van der Waals surface area (Å²) in [6, 6.07) is 17.2. The summed E-state index contributed by atoms with van der Waals surface area (Å²) in [6.45, 7) is 0.472. The molecule has 0 bridgehead atoms. The molecule has 0 spiro atoms. The largest absolute Gasteiger partial charge is 0.493 e. The van der Waals surface area contributed by atoms with Crippen LogP contribution in [0.15, 0.2) is 67.0 Å². The first-order valence-electron chi connectivity index (χ1n) is 8.21. The maximum absolute atomic E-state index is 12.4. The molecule has 1 amide bonds. The fraction of sp³-hybridized carbons (Fsp3) is 0.143. The maximum atomic E-state index is 12.4. The van der Waals surface area contributed by atoms with Gasteiger partial charge in [-0.3, -0.25) is 9.78 Å². The van der Waals surface area contributed by atoms with E-state index in [2.05, 4.69) is 10.3 Å². The normalized spacial score (nSPS) is 10.2. The average molecular weight is 348 g/mol. The quantitative estimate of drug-likeness (QED) is 0.738. The predicted octanol–water partition coefficient (Wildman–Crippen LogP) is 3.70. The van der Waals surface area contributed by atoms with Gasteiger partial charge in [0.1, 0.15) is 0 Å². The van der Waals surface area contributed by atoms with E-state index < -0.39 is 0 Å². The third-order valence-corrected chi connectivity index (χ3v) is 4.01. The third-order valence-electron chi connectivity index (χ3n) is 4.01. The Labute approximate surface area is 152 Å². The van der Waals surface area contributed by atoms with Crippen molar-refractivity contribution in [1.29, 1.82) is 0 Å². The number of carbonyl (C=O) groups is 1. The monoisotopic (exact) mass is 348 g/mol. The SMILES string of the molecule is COc1ccc(-c2cncc(C(=O)NCc3ccccc3)c2)cc1OC. The van der Waals surface area contributed by atoms with Gasteiger partial charge in [0.05, 0.1) is 19.8 Å². The van der Waals surface area contributed by atoms with Gasteiger partial charge in [-0.25, -0.2) is 0 Å². The van der Waals surface area contributed by atoms with Crippen LogP contribution < -0.4 is 14.8 Å². The van der Waals surface area contributed by atoms with E-state index >= 15 is 0 Å². The fourth-order valence-electron chi connectivity index (χ4n) is 2.62. The number of carbonyl (C=O) groups excluding carboxylic acids is 1. The number of hydrogen-bond donors (Lipinski definition) is 1. The van der Waals surface area contributed by atoms with Crippen LogP contribution >= 0.6 is 0 Å². The van der Waals surface area contributed by atoms with Crippen LogP contribution in [-0.4, -0.2) is 25.1 Å². The Bertz CT molecular complexity index is 895. The minimum absolute atomic E-state index is 0.163. The molecule has 0 saturated carbocycles. The molecular weight excluding hydrogens is 328 g/mol. The molecule has 0 aliphatic carbocycles.